The van der Waals surface area contributed by atoms with Gasteiger partial charge in [0.25, 0.3) is 0 Å². The summed E-state index contributed by atoms with van der Waals surface area (Å²) in [5, 5.41) is 2.13. The summed E-state index contributed by atoms with van der Waals surface area (Å²) in [5.74, 6) is 2.90. The third kappa shape index (κ3) is 4.51. The Balaban J connectivity index is 1.86. The van der Waals surface area contributed by atoms with Gasteiger partial charge in [0.05, 0.1) is 15.1 Å². The number of hydrogen-bond acceptors (Lipinski definition) is 2. The van der Waals surface area contributed by atoms with Crippen molar-refractivity contribution >= 4 is 58.3 Å². The summed E-state index contributed by atoms with van der Waals surface area (Å²) in [5.41, 5.74) is 0. The highest BCUT2D eigenvalue weighted by Crippen LogP contribution is 2.37. The van der Waals surface area contributed by atoms with E-state index in [1.807, 2.05) is 42.5 Å². The molecule has 0 aliphatic rings. The van der Waals surface area contributed by atoms with E-state index >= 15 is 0 Å². The molecule has 0 aromatic heterocycles. The molecule has 0 atom stereocenters. The van der Waals surface area contributed by atoms with Gasteiger partial charge < -0.3 is 0 Å². The van der Waals surface area contributed by atoms with Crippen molar-refractivity contribution in [2.45, 2.75) is 9.79 Å². The second-order valence-electron chi connectivity index (χ2n) is 3.58. The van der Waals surface area contributed by atoms with Gasteiger partial charge in [-0.05, 0) is 24.3 Å². The summed E-state index contributed by atoms with van der Waals surface area (Å²) >= 11 is 21.5. The smallest absolute Gasteiger partial charge is 0.0557 e. The van der Waals surface area contributed by atoms with Crippen LogP contribution in [0.15, 0.2) is 52.3 Å². The van der Waals surface area contributed by atoms with Crippen molar-refractivity contribution in [2.75, 3.05) is 5.75 Å². The first-order chi connectivity index (χ1) is 9.18. The van der Waals surface area contributed by atoms with E-state index in [9.17, 15) is 0 Å². The minimum atomic E-state index is 0.677. The van der Waals surface area contributed by atoms with Crippen LogP contribution in [-0.4, -0.2) is 5.75 Å². The number of halogens is 3. The maximum absolute atomic E-state index is 6.10. The SMILES string of the molecule is Clc1ccccc1SC[CH]Sc1c(Cl)cccc1Cl. The topological polar surface area (TPSA) is 0 Å². The molecule has 1 radical (unpaired) electrons. The third-order valence-corrected chi connectivity index (χ3v) is 5.78. The fourth-order valence-corrected chi connectivity index (χ4v) is 3.99. The van der Waals surface area contributed by atoms with Crippen LogP contribution in [0.3, 0.4) is 0 Å². The van der Waals surface area contributed by atoms with Gasteiger partial charge in [-0.1, -0.05) is 53.0 Å². The van der Waals surface area contributed by atoms with Crippen molar-refractivity contribution < 1.29 is 0 Å². The molecule has 0 aliphatic carbocycles. The van der Waals surface area contributed by atoms with Crippen molar-refractivity contribution in [3.05, 3.63) is 63.3 Å². The number of hydrogen-bond donors (Lipinski definition) is 0. The Hall–Kier alpha value is 0.01000. The van der Waals surface area contributed by atoms with Crippen LogP contribution in [-0.2, 0) is 0 Å². The molecule has 2 rings (SSSR count). The molecule has 2 aromatic rings. The van der Waals surface area contributed by atoms with E-state index in [4.69, 9.17) is 34.8 Å². The van der Waals surface area contributed by atoms with Gasteiger partial charge in [0.2, 0.25) is 0 Å². The van der Waals surface area contributed by atoms with Crippen LogP contribution < -0.4 is 0 Å². The molecule has 0 bridgehead atoms. The van der Waals surface area contributed by atoms with E-state index < -0.39 is 0 Å². The van der Waals surface area contributed by atoms with Gasteiger partial charge in [-0.15, -0.1) is 23.5 Å². The van der Waals surface area contributed by atoms with E-state index in [0.29, 0.717) is 10.0 Å². The molecule has 2 aromatic carbocycles. The lowest BCUT2D eigenvalue weighted by molar-refractivity contribution is 1.45. The predicted molar refractivity (Wildman–Crippen MR) is 88.8 cm³/mol. The number of benzene rings is 2. The van der Waals surface area contributed by atoms with E-state index in [2.05, 4.69) is 5.75 Å². The van der Waals surface area contributed by atoms with E-state index in [1.165, 1.54) is 0 Å². The lowest BCUT2D eigenvalue weighted by atomic mass is 10.4. The second kappa shape index (κ2) is 7.70. The van der Waals surface area contributed by atoms with Crippen LogP contribution in [0, 0.1) is 5.75 Å². The Morgan fingerprint density at radius 1 is 0.842 bits per heavy atom. The van der Waals surface area contributed by atoms with Crippen LogP contribution in [0.5, 0.6) is 0 Å². The summed E-state index contributed by atoms with van der Waals surface area (Å²) in [6.45, 7) is 0. The van der Waals surface area contributed by atoms with E-state index in [1.54, 1.807) is 23.5 Å². The van der Waals surface area contributed by atoms with Crippen LogP contribution in [0.1, 0.15) is 0 Å². The maximum Gasteiger partial charge on any atom is 0.0557 e. The molecule has 0 spiro atoms. The average molecular weight is 349 g/mol. The molecule has 19 heavy (non-hydrogen) atoms. The van der Waals surface area contributed by atoms with E-state index in [-0.39, 0.29) is 0 Å². The summed E-state index contributed by atoms with van der Waals surface area (Å²) < 4.78 is 0. The molecule has 5 heteroatoms. The average Bonchev–Trinajstić information content (AvgIpc) is 2.39. The van der Waals surface area contributed by atoms with Crippen molar-refractivity contribution in [3.63, 3.8) is 0 Å². The Labute approximate surface area is 136 Å². The zero-order valence-corrected chi connectivity index (χ0v) is 13.7. The lowest BCUT2D eigenvalue weighted by Crippen LogP contribution is -1.81. The first kappa shape index (κ1) is 15.4. The van der Waals surface area contributed by atoms with Crippen molar-refractivity contribution in [3.8, 4) is 0 Å². The Kier molecular flexibility index (Phi) is 6.24. The summed E-state index contributed by atoms with van der Waals surface area (Å²) in [6, 6.07) is 13.3. The van der Waals surface area contributed by atoms with Gasteiger partial charge in [0.15, 0.2) is 0 Å². The minimum absolute atomic E-state index is 0.677. The fraction of sp³-hybridized carbons (Fsp3) is 0.0714. The Morgan fingerprint density at radius 3 is 2.16 bits per heavy atom. The van der Waals surface area contributed by atoms with Crippen molar-refractivity contribution in [1.29, 1.82) is 0 Å². The molecule has 0 unspecified atom stereocenters. The Bertz CT molecular complexity index is 538. The first-order valence-corrected chi connectivity index (χ1v) is 8.48. The number of rotatable bonds is 5. The fourth-order valence-electron chi connectivity index (χ4n) is 1.40. The zero-order valence-electron chi connectivity index (χ0n) is 9.78. The highest BCUT2D eigenvalue weighted by molar-refractivity contribution is 8.04. The lowest BCUT2D eigenvalue weighted by Gasteiger charge is -2.06. The molecular formula is C14H10Cl3S2. The molecular weight excluding hydrogens is 339 g/mol. The minimum Gasteiger partial charge on any atom is -0.123 e. The van der Waals surface area contributed by atoms with Crippen LogP contribution in [0.25, 0.3) is 0 Å². The van der Waals surface area contributed by atoms with Crippen LogP contribution >= 0.6 is 58.3 Å². The van der Waals surface area contributed by atoms with Gasteiger partial charge in [0.1, 0.15) is 0 Å². The summed E-state index contributed by atoms with van der Waals surface area (Å²) in [6.07, 6.45) is 0. The molecule has 0 aliphatic heterocycles. The maximum atomic E-state index is 6.10. The molecule has 0 fully saturated rings. The molecule has 0 N–H and O–H groups in total. The summed E-state index contributed by atoms with van der Waals surface area (Å²) in [4.78, 5) is 1.97. The molecule has 0 amide bonds. The third-order valence-electron chi connectivity index (χ3n) is 2.26. The van der Waals surface area contributed by atoms with E-state index in [0.717, 1.165) is 20.6 Å². The van der Waals surface area contributed by atoms with Crippen molar-refractivity contribution in [2.24, 2.45) is 0 Å². The second-order valence-corrected chi connectivity index (χ2v) is 6.84. The largest absolute Gasteiger partial charge is 0.123 e. The van der Waals surface area contributed by atoms with Gasteiger partial charge in [-0.2, -0.15) is 0 Å². The van der Waals surface area contributed by atoms with Crippen LogP contribution in [0.2, 0.25) is 15.1 Å². The first-order valence-electron chi connectivity index (χ1n) is 5.48. The predicted octanol–water partition coefficient (Wildman–Crippen LogP) is 6.69. The van der Waals surface area contributed by atoms with Crippen LogP contribution in [0.4, 0.5) is 0 Å². The normalized spacial score (nSPS) is 10.7. The molecule has 0 saturated carbocycles. The number of thioether (sulfide) groups is 2. The monoisotopic (exact) mass is 347 g/mol. The van der Waals surface area contributed by atoms with Gasteiger partial charge >= 0.3 is 0 Å². The molecule has 0 saturated heterocycles. The highest BCUT2D eigenvalue weighted by Gasteiger charge is 2.06. The van der Waals surface area contributed by atoms with Gasteiger partial charge in [-0.25, -0.2) is 0 Å². The highest BCUT2D eigenvalue weighted by atomic mass is 35.5. The summed E-state index contributed by atoms with van der Waals surface area (Å²) in [7, 11) is 0. The standard InChI is InChI=1S/C14H10Cl3S2/c15-10-4-1-2-7-13(10)18-8-9-19-14-11(16)5-3-6-12(14)17/h1-7,9H,8H2. The molecule has 0 heterocycles. The van der Waals surface area contributed by atoms with Crippen molar-refractivity contribution in [1.82, 2.24) is 0 Å². The van der Waals surface area contributed by atoms with Gasteiger partial charge in [0, 0.05) is 21.3 Å². The van der Waals surface area contributed by atoms with Gasteiger partial charge in [-0.3, -0.25) is 0 Å². The Morgan fingerprint density at radius 2 is 1.47 bits per heavy atom. The zero-order chi connectivity index (χ0) is 13.7. The molecule has 99 valence electrons. The molecule has 0 nitrogen and oxygen atoms in total. The quantitative estimate of drug-likeness (QED) is 0.436.